The highest BCUT2D eigenvalue weighted by Crippen LogP contribution is 2.21. The van der Waals surface area contributed by atoms with Crippen LogP contribution in [0.25, 0.3) is 0 Å². The lowest BCUT2D eigenvalue weighted by Gasteiger charge is -2.06. The zero-order chi connectivity index (χ0) is 10.1. The molecule has 0 radical (unpaired) electrons. The number of amides is 1. The fourth-order valence-electron chi connectivity index (χ4n) is 1.25. The number of hydrogen-bond donors (Lipinski definition) is 1. The van der Waals surface area contributed by atoms with Gasteiger partial charge in [-0.05, 0) is 25.1 Å². The zero-order valence-corrected chi connectivity index (χ0v) is 8.38. The van der Waals surface area contributed by atoms with Gasteiger partial charge in [-0.15, -0.1) is 0 Å². The normalized spacial score (nSPS) is 19.9. The van der Waals surface area contributed by atoms with Gasteiger partial charge in [0.2, 0.25) is 5.91 Å². The molecule has 3 nitrogen and oxygen atoms in total. The second kappa shape index (κ2) is 3.42. The summed E-state index contributed by atoms with van der Waals surface area (Å²) >= 11 is 5.83. The Kier molecular flexibility index (Phi) is 2.25. The molecule has 0 unspecified atom stereocenters. The summed E-state index contributed by atoms with van der Waals surface area (Å²) in [5.41, 5.74) is 1.60. The smallest absolute Gasteiger partial charge is 0.248 e. The lowest BCUT2D eigenvalue weighted by Crippen LogP contribution is -2.21. The third-order valence-electron chi connectivity index (χ3n) is 2.09. The number of benzene rings is 1. The van der Waals surface area contributed by atoms with E-state index in [1.54, 1.807) is 31.3 Å². The number of nitrogens with zero attached hydrogens (tertiary/aromatic N) is 1. The SMILES string of the molecule is C[C@H]1N=Cc2cc(Cl)ccc2NC1=O. The summed E-state index contributed by atoms with van der Waals surface area (Å²) in [4.78, 5) is 15.5. The monoisotopic (exact) mass is 208 g/mol. The molecular formula is C10H9ClN2O. The van der Waals surface area contributed by atoms with Crippen LogP contribution in [-0.4, -0.2) is 18.2 Å². The van der Waals surface area contributed by atoms with Crippen LogP contribution in [0.2, 0.25) is 5.02 Å². The summed E-state index contributed by atoms with van der Waals surface area (Å²) < 4.78 is 0. The van der Waals surface area contributed by atoms with Gasteiger partial charge in [0.15, 0.2) is 0 Å². The number of benzodiazepines with no additional fused rings is 1. The molecule has 0 bridgehead atoms. The van der Waals surface area contributed by atoms with E-state index in [0.29, 0.717) is 5.02 Å². The Balaban J connectivity index is 2.48. The van der Waals surface area contributed by atoms with Crippen LogP contribution >= 0.6 is 11.6 Å². The number of rotatable bonds is 0. The molecule has 1 heterocycles. The highest BCUT2D eigenvalue weighted by atomic mass is 35.5. The highest BCUT2D eigenvalue weighted by molar-refractivity contribution is 6.31. The van der Waals surface area contributed by atoms with Crippen molar-refractivity contribution in [2.75, 3.05) is 5.32 Å². The minimum absolute atomic E-state index is 0.0951. The number of nitrogens with one attached hydrogen (secondary N) is 1. The topological polar surface area (TPSA) is 41.5 Å². The molecule has 1 aliphatic rings. The van der Waals surface area contributed by atoms with Crippen molar-refractivity contribution in [3.63, 3.8) is 0 Å². The molecule has 1 aromatic rings. The van der Waals surface area contributed by atoms with Crippen LogP contribution in [0.4, 0.5) is 5.69 Å². The van der Waals surface area contributed by atoms with Crippen LogP contribution in [0.3, 0.4) is 0 Å². The predicted octanol–water partition coefficient (Wildman–Crippen LogP) is 2.10. The van der Waals surface area contributed by atoms with Crippen LogP contribution in [0.5, 0.6) is 0 Å². The van der Waals surface area contributed by atoms with Crippen molar-refractivity contribution in [3.8, 4) is 0 Å². The van der Waals surface area contributed by atoms with Crippen LogP contribution < -0.4 is 5.32 Å². The van der Waals surface area contributed by atoms with Gasteiger partial charge in [-0.1, -0.05) is 11.6 Å². The third-order valence-corrected chi connectivity index (χ3v) is 2.32. The van der Waals surface area contributed by atoms with E-state index >= 15 is 0 Å². The number of halogens is 1. The fraction of sp³-hybridized carbons (Fsp3) is 0.200. The minimum Gasteiger partial charge on any atom is -0.324 e. The summed E-state index contributed by atoms with van der Waals surface area (Å²) in [5, 5.41) is 3.41. The first-order valence-corrected chi connectivity index (χ1v) is 4.68. The van der Waals surface area contributed by atoms with Gasteiger partial charge >= 0.3 is 0 Å². The van der Waals surface area contributed by atoms with Gasteiger partial charge in [0.1, 0.15) is 6.04 Å². The highest BCUT2D eigenvalue weighted by Gasteiger charge is 2.15. The molecule has 4 heteroatoms. The first-order valence-electron chi connectivity index (χ1n) is 4.30. The standard InChI is InChI=1S/C10H9ClN2O/c1-6-10(14)13-9-3-2-8(11)4-7(9)5-12-6/h2-6H,1H3,(H,13,14)/t6-/m1/s1. The summed E-state index contributed by atoms with van der Waals surface area (Å²) in [6.07, 6.45) is 1.67. The Bertz CT molecular complexity index is 415. The molecule has 0 aliphatic carbocycles. The molecule has 2 rings (SSSR count). The average molecular weight is 209 g/mol. The Morgan fingerprint density at radius 1 is 1.50 bits per heavy atom. The molecule has 0 fully saturated rings. The zero-order valence-electron chi connectivity index (χ0n) is 7.62. The van der Waals surface area contributed by atoms with Gasteiger partial charge in [-0.25, -0.2) is 0 Å². The Labute approximate surface area is 86.8 Å². The van der Waals surface area contributed by atoms with Gasteiger partial charge < -0.3 is 5.32 Å². The molecule has 0 saturated carbocycles. The van der Waals surface area contributed by atoms with Gasteiger partial charge in [0.25, 0.3) is 0 Å². The maximum atomic E-state index is 11.4. The third kappa shape index (κ3) is 1.63. The van der Waals surface area contributed by atoms with E-state index < -0.39 is 0 Å². The average Bonchev–Trinajstić information content (AvgIpc) is 2.29. The fourth-order valence-corrected chi connectivity index (χ4v) is 1.43. The molecule has 0 aromatic heterocycles. The summed E-state index contributed by atoms with van der Waals surface area (Å²) in [6.45, 7) is 1.75. The van der Waals surface area contributed by atoms with Crippen molar-refractivity contribution in [2.45, 2.75) is 13.0 Å². The van der Waals surface area contributed by atoms with Crippen molar-refractivity contribution in [3.05, 3.63) is 28.8 Å². The Morgan fingerprint density at radius 2 is 2.29 bits per heavy atom. The minimum atomic E-state index is -0.346. The molecule has 0 spiro atoms. The van der Waals surface area contributed by atoms with E-state index in [4.69, 9.17) is 11.6 Å². The number of anilines is 1. The van der Waals surface area contributed by atoms with E-state index in [2.05, 4.69) is 10.3 Å². The van der Waals surface area contributed by atoms with E-state index in [0.717, 1.165) is 11.3 Å². The number of carbonyl (C=O) groups is 1. The number of fused-ring (bicyclic) bond motifs is 1. The van der Waals surface area contributed by atoms with Crippen LogP contribution in [-0.2, 0) is 4.79 Å². The van der Waals surface area contributed by atoms with E-state index in [-0.39, 0.29) is 11.9 Å². The maximum absolute atomic E-state index is 11.4. The first-order chi connectivity index (χ1) is 6.66. The van der Waals surface area contributed by atoms with Crippen LogP contribution in [0.15, 0.2) is 23.2 Å². The largest absolute Gasteiger partial charge is 0.324 e. The molecule has 1 aliphatic heterocycles. The molecule has 1 atom stereocenters. The summed E-state index contributed by atoms with van der Waals surface area (Å²) in [7, 11) is 0. The predicted molar refractivity (Wildman–Crippen MR) is 57.1 cm³/mol. The molecule has 1 N–H and O–H groups in total. The first kappa shape index (κ1) is 9.21. The molecule has 1 aromatic carbocycles. The summed E-state index contributed by atoms with van der Waals surface area (Å²) in [5.74, 6) is -0.0951. The lowest BCUT2D eigenvalue weighted by atomic mass is 10.2. The molecule has 72 valence electrons. The Morgan fingerprint density at radius 3 is 3.07 bits per heavy atom. The van der Waals surface area contributed by atoms with Gasteiger partial charge in [-0.3, -0.25) is 9.79 Å². The number of hydrogen-bond acceptors (Lipinski definition) is 2. The number of aliphatic imine (C=N–C) groups is 1. The van der Waals surface area contributed by atoms with Gasteiger partial charge in [0, 0.05) is 22.5 Å². The quantitative estimate of drug-likeness (QED) is 0.697. The second-order valence-electron chi connectivity index (χ2n) is 3.17. The molecule has 1 amide bonds. The maximum Gasteiger partial charge on any atom is 0.248 e. The molecule has 0 saturated heterocycles. The lowest BCUT2D eigenvalue weighted by molar-refractivity contribution is -0.116. The van der Waals surface area contributed by atoms with Crippen molar-refractivity contribution in [2.24, 2.45) is 4.99 Å². The summed E-state index contributed by atoms with van der Waals surface area (Å²) in [6, 6.07) is 4.95. The number of carbonyl (C=O) groups excluding carboxylic acids is 1. The van der Waals surface area contributed by atoms with Crippen LogP contribution in [0.1, 0.15) is 12.5 Å². The van der Waals surface area contributed by atoms with Gasteiger partial charge in [0.05, 0.1) is 0 Å². The molecule has 14 heavy (non-hydrogen) atoms. The van der Waals surface area contributed by atoms with Crippen molar-refractivity contribution < 1.29 is 4.79 Å². The Hall–Kier alpha value is -1.35. The second-order valence-corrected chi connectivity index (χ2v) is 3.61. The van der Waals surface area contributed by atoms with Gasteiger partial charge in [-0.2, -0.15) is 0 Å². The van der Waals surface area contributed by atoms with Crippen molar-refractivity contribution >= 4 is 29.4 Å². The van der Waals surface area contributed by atoms with E-state index in [9.17, 15) is 4.79 Å². The van der Waals surface area contributed by atoms with Crippen molar-refractivity contribution in [1.29, 1.82) is 0 Å². The van der Waals surface area contributed by atoms with Crippen molar-refractivity contribution in [1.82, 2.24) is 0 Å². The van der Waals surface area contributed by atoms with E-state index in [1.807, 2.05) is 0 Å². The molecular weight excluding hydrogens is 200 g/mol. The van der Waals surface area contributed by atoms with E-state index in [1.165, 1.54) is 0 Å². The van der Waals surface area contributed by atoms with Crippen LogP contribution in [0, 0.1) is 0 Å².